The van der Waals surface area contributed by atoms with Gasteiger partial charge in [0.15, 0.2) is 0 Å². The van der Waals surface area contributed by atoms with Crippen LogP contribution in [-0.2, 0) is 16.0 Å². The van der Waals surface area contributed by atoms with Crippen LogP contribution in [0.5, 0.6) is 0 Å². The molecule has 0 fully saturated rings. The molecular formula is C14H14ClNO3. The van der Waals surface area contributed by atoms with E-state index in [4.69, 9.17) is 4.74 Å². The number of aromatic nitrogens is 1. The quantitative estimate of drug-likeness (QED) is 0.694. The summed E-state index contributed by atoms with van der Waals surface area (Å²) in [4.78, 5) is 26.0. The highest BCUT2D eigenvalue weighted by atomic mass is 35.5. The molecule has 1 heterocycles. The Morgan fingerprint density at radius 3 is 2.42 bits per heavy atom. The van der Waals surface area contributed by atoms with Crippen LogP contribution < -0.4 is 0 Å². The second kappa shape index (κ2) is 6.75. The normalized spacial score (nSPS) is 9.53. The third-order valence-corrected chi connectivity index (χ3v) is 2.49. The van der Waals surface area contributed by atoms with Gasteiger partial charge in [-0.2, -0.15) is 0 Å². The van der Waals surface area contributed by atoms with Crippen LogP contribution in [0.1, 0.15) is 21.6 Å². The van der Waals surface area contributed by atoms with Crippen molar-refractivity contribution in [2.75, 3.05) is 0 Å². The molecule has 0 unspecified atom stereocenters. The molecule has 1 aromatic heterocycles. The fraction of sp³-hybridized carbons (Fsp3) is 0.143. The number of benzene rings is 1. The maximum absolute atomic E-state index is 11.6. The monoisotopic (exact) mass is 279 g/mol. The number of ether oxygens (including phenoxy) is 1. The second-order valence-electron chi connectivity index (χ2n) is 4.00. The second-order valence-corrected chi connectivity index (χ2v) is 4.00. The van der Waals surface area contributed by atoms with E-state index in [0.29, 0.717) is 5.56 Å². The van der Waals surface area contributed by atoms with Crippen LogP contribution in [0.25, 0.3) is 0 Å². The summed E-state index contributed by atoms with van der Waals surface area (Å²) in [7, 11) is 0. The summed E-state index contributed by atoms with van der Waals surface area (Å²) in [5.74, 6) is -1.19. The van der Waals surface area contributed by atoms with Crippen molar-refractivity contribution in [3.05, 3.63) is 59.4 Å². The van der Waals surface area contributed by atoms with Gasteiger partial charge >= 0.3 is 11.9 Å². The number of hydrogen-bond donors (Lipinski definition) is 1. The van der Waals surface area contributed by atoms with Crippen molar-refractivity contribution in [2.45, 2.75) is 13.3 Å². The molecule has 0 spiro atoms. The van der Waals surface area contributed by atoms with Crippen molar-refractivity contribution in [2.24, 2.45) is 0 Å². The van der Waals surface area contributed by atoms with Gasteiger partial charge in [0.25, 0.3) is 0 Å². The Bertz CT molecular complexity index is 547. The largest absolute Gasteiger partial charge is 0.389 e. The molecule has 19 heavy (non-hydrogen) atoms. The topological polar surface area (TPSA) is 59.2 Å². The summed E-state index contributed by atoms with van der Waals surface area (Å²) in [6, 6.07) is 10.4. The zero-order valence-corrected chi connectivity index (χ0v) is 11.2. The molecule has 0 aliphatic heterocycles. The lowest BCUT2D eigenvalue weighted by Crippen LogP contribution is -2.14. The molecule has 0 saturated carbocycles. The molecule has 0 aliphatic carbocycles. The highest BCUT2D eigenvalue weighted by Crippen LogP contribution is 2.06. The molecule has 1 aromatic carbocycles. The summed E-state index contributed by atoms with van der Waals surface area (Å²) in [6.45, 7) is 1.92. The number of aromatic amines is 1. The Morgan fingerprint density at radius 1 is 1.16 bits per heavy atom. The van der Waals surface area contributed by atoms with E-state index in [9.17, 15) is 9.59 Å². The molecule has 5 heteroatoms. The Morgan fingerprint density at radius 2 is 1.84 bits per heavy atom. The summed E-state index contributed by atoms with van der Waals surface area (Å²) in [5.41, 5.74) is 2.14. The standard InChI is InChI=1S/C14H13NO3.ClH/c1-10-4-6-11(7-5-10)14(17)18-13(16)9-12-3-2-8-15-12;/h2-8,15H,9H2,1H3;1H. The lowest BCUT2D eigenvalue weighted by molar-refractivity contribution is -0.137. The van der Waals surface area contributed by atoms with Gasteiger partial charge in [-0.3, -0.25) is 4.79 Å². The Kier molecular flexibility index (Phi) is 5.33. The third-order valence-electron chi connectivity index (χ3n) is 2.49. The smallest absolute Gasteiger partial charge is 0.345 e. The van der Waals surface area contributed by atoms with E-state index in [-0.39, 0.29) is 18.8 Å². The average molecular weight is 280 g/mol. The zero-order valence-electron chi connectivity index (χ0n) is 10.4. The highest BCUT2D eigenvalue weighted by Gasteiger charge is 2.13. The van der Waals surface area contributed by atoms with Gasteiger partial charge in [0.2, 0.25) is 0 Å². The molecule has 0 aliphatic rings. The fourth-order valence-electron chi connectivity index (χ4n) is 1.52. The van der Waals surface area contributed by atoms with E-state index < -0.39 is 11.9 Å². The van der Waals surface area contributed by atoms with Gasteiger partial charge in [-0.05, 0) is 31.2 Å². The first-order valence-corrected chi connectivity index (χ1v) is 5.59. The lowest BCUT2D eigenvalue weighted by Gasteiger charge is -2.02. The molecule has 0 atom stereocenters. The first kappa shape index (κ1) is 15.0. The van der Waals surface area contributed by atoms with Gasteiger partial charge in [0.05, 0.1) is 12.0 Å². The molecule has 4 nitrogen and oxygen atoms in total. The lowest BCUT2D eigenvalue weighted by atomic mass is 10.1. The SMILES string of the molecule is Cc1ccc(C(=O)OC(=O)Cc2ccc[nH]2)cc1.Cl. The molecule has 100 valence electrons. The van der Waals surface area contributed by atoms with E-state index in [1.54, 1.807) is 42.6 Å². The fourth-order valence-corrected chi connectivity index (χ4v) is 1.52. The molecule has 0 radical (unpaired) electrons. The van der Waals surface area contributed by atoms with Crippen molar-refractivity contribution < 1.29 is 14.3 Å². The van der Waals surface area contributed by atoms with Crippen LogP contribution in [0, 0.1) is 6.92 Å². The number of nitrogens with one attached hydrogen (secondary N) is 1. The molecule has 2 rings (SSSR count). The van der Waals surface area contributed by atoms with Gasteiger partial charge in [-0.1, -0.05) is 17.7 Å². The first-order valence-electron chi connectivity index (χ1n) is 5.59. The summed E-state index contributed by atoms with van der Waals surface area (Å²) < 4.78 is 4.75. The predicted molar refractivity (Wildman–Crippen MR) is 73.3 cm³/mol. The average Bonchev–Trinajstić information content (AvgIpc) is 2.82. The van der Waals surface area contributed by atoms with E-state index in [1.807, 2.05) is 6.92 Å². The first-order chi connectivity index (χ1) is 8.65. The van der Waals surface area contributed by atoms with Crippen molar-refractivity contribution in [1.82, 2.24) is 4.98 Å². The van der Waals surface area contributed by atoms with Crippen LogP contribution >= 0.6 is 12.4 Å². The van der Waals surface area contributed by atoms with E-state index >= 15 is 0 Å². The number of hydrogen-bond acceptors (Lipinski definition) is 3. The number of H-pyrrole nitrogens is 1. The number of aryl methyl sites for hydroxylation is 1. The molecule has 0 amide bonds. The molecular weight excluding hydrogens is 266 g/mol. The Balaban J connectivity index is 0.00000180. The van der Waals surface area contributed by atoms with Crippen molar-refractivity contribution in [3.8, 4) is 0 Å². The van der Waals surface area contributed by atoms with Crippen LogP contribution in [-0.4, -0.2) is 16.9 Å². The minimum Gasteiger partial charge on any atom is -0.389 e. The third kappa shape index (κ3) is 4.26. The van der Waals surface area contributed by atoms with Crippen LogP contribution in [0.15, 0.2) is 42.6 Å². The van der Waals surface area contributed by atoms with Crippen LogP contribution in [0.4, 0.5) is 0 Å². The maximum Gasteiger partial charge on any atom is 0.345 e. The molecule has 2 aromatic rings. The number of halogens is 1. The summed E-state index contributed by atoms with van der Waals surface area (Å²) in [5, 5.41) is 0. The van der Waals surface area contributed by atoms with Crippen LogP contribution in [0.2, 0.25) is 0 Å². The van der Waals surface area contributed by atoms with Crippen molar-refractivity contribution in [1.29, 1.82) is 0 Å². The van der Waals surface area contributed by atoms with Gasteiger partial charge < -0.3 is 9.72 Å². The minimum atomic E-state index is -0.619. The minimum absolute atomic E-state index is 0. The molecule has 0 saturated heterocycles. The van der Waals surface area contributed by atoms with E-state index in [2.05, 4.69) is 4.98 Å². The summed E-state index contributed by atoms with van der Waals surface area (Å²) in [6.07, 6.45) is 1.77. The van der Waals surface area contributed by atoms with E-state index in [1.165, 1.54) is 0 Å². The maximum atomic E-state index is 11.6. The van der Waals surface area contributed by atoms with Gasteiger partial charge in [0, 0.05) is 11.9 Å². The number of carbonyl (C=O) groups excluding carboxylic acids is 2. The van der Waals surface area contributed by atoms with Crippen LogP contribution in [0.3, 0.4) is 0 Å². The Hall–Kier alpha value is -2.07. The number of esters is 2. The summed E-state index contributed by atoms with van der Waals surface area (Å²) >= 11 is 0. The predicted octanol–water partition coefficient (Wildman–Crippen LogP) is 2.67. The highest BCUT2D eigenvalue weighted by molar-refractivity contribution is 5.97. The van der Waals surface area contributed by atoms with Crippen molar-refractivity contribution >= 4 is 24.3 Å². The zero-order chi connectivity index (χ0) is 13.0. The van der Waals surface area contributed by atoms with E-state index in [0.717, 1.165) is 11.3 Å². The number of carbonyl (C=O) groups is 2. The molecule has 0 bridgehead atoms. The van der Waals surface area contributed by atoms with Crippen molar-refractivity contribution in [3.63, 3.8) is 0 Å². The van der Waals surface area contributed by atoms with Gasteiger partial charge in [-0.25, -0.2) is 4.79 Å². The molecule has 1 N–H and O–H groups in total. The number of rotatable bonds is 3. The van der Waals surface area contributed by atoms with Gasteiger partial charge in [0.1, 0.15) is 0 Å². The Labute approximate surface area is 117 Å². The van der Waals surface area contributed by atoms with Gasteiger partial charge in [-0.15, -0.1) is 12.4 Å².